The van der Waals surface area contributed by atoms with E-state index in [4.69, 9.17) is 14.5 Å². The quantitative estimate of drug-likeness (QED) is 0.255. The van der Waals surface area contributed by atoms with E-state index in [1.807, 2.05) is 28.0 Å². The first kappa shape index (κ1) is 34.5. The van der Waals surface area contributed by atoms with E-state index in [9.17, 15) is 14.7 Å². The summed E-state index contributed by atoms with van der Waals surface area (Å²) >= 11 is 0. The normalized spacial score (nSPS) is 26.5. The van der Waals surface area contributed by atoms with Crippen LogP contribution in [-0.2, 0) is 14.9 Å². The van der Waals surface area contributed by atoms with Crippen LogP contribution in [0, 0.1) is 25.2 Å². The highest BCUT2D eigenvalue weighted by Gasteiger charge is 2.51. The Balaban J connectivity index is 1.10. The highest BCUT2D eigenvalue weighted by molar-refractivity contribution is 5.95. The molecule has 5 aliphatic rings. The molecule has 2 bridgehead atoms. The van der Waals surface area contributed by atoms with Gasteiger partial charge in [-0.3, -0.25) is 14.4 Å². The van der Waals surface area contributed by atoms with E-state index in [1.165, 1.54) is 21.6 Å². The number of ether oxygens (including phenoxy) is 2. The molecule has 4 saturated carbocycles. The number of β-amino-alcohol motifs (C(OH)–C–C–N with tert-alkyl or cyclic N) is 1. The number of rotatable bonds is 9. The van der Waals surface area contributed by atoms with Gasteiger partial charge in [-0.2, -0.15) is 5.10 Å². The van der Waals surface area contributed by atoms with Gasteiger partial charge < -0.3 is 19.5 Å². The maximum Gasteiger partial charge on any atom is 0.410 e. The molecule has 2 aromatic heterocycles. The van der Waals surface area contributed by atoms with Crippen molar-refractivity contribution in [3.05, 3.63) is 59.5 Å². The summed E-state index contributed by atoms with van der Waals surface area (Å²) in [6.07, 6.45) is 14.0. The number of pyridine rings is 1. The first-order valence-electron chi connectivity index (χ1n) is 18.6. The second-order valence-electron chi connectivity index (χ2n) is 16.0. The minimum absolute atomic E-state index is 0.0443. The molecule has 4 aliphatic carbocycles. The summed E-state index contributed by atoms with van der Waals surface area (Å²) in [7, 11) is 1.75. The average Bonchev–Trinajstić information content (AvgIpc) is 3.61. The summed E-state index contributed by atoms with van der Waals surface area (Å²) in [6, 6.07) is 9.00. The van der Waals surface area contributed by atoms with Gasteiger partial charge in [0.2, 0.25) is 5.91 Å². The van der Waals surface area contributed by atoms with Crippen LogP contribution in [0.1, 0.15) is 101 Å². The molecule has 1 saturated heterocycles. The topological polar surface area (TPSA) is 110 Å². The van der Waals surface area contributed by atoms with Crippen LogP contribution in [-0.4, -0.2) is 75.7 Å². The van der Waals surface area contributed by atoms with Crippen LogP contribution in [0.25, 0.3) is 11.1 Å². The van der Waals surface area contributed by atoms with E-state index in [2.05, 4.69) is 57.2 Å². The number of aliphatic hydroxyl groups is 1. The highest BCUT2D eigenvalue weighted by atomic mass is 16.6. The van der Waals surface area contributed by atoms with Crippen molar-refractivity contribution in [2.75, 3.05) is 31.6 Å². The van der Waals surface area contributed by atoms with Gasteiger partial charge in [0.05, 0.1) is 32.5 Å². The van der Waals surface area contributed by atoms with Crippen molar-refractivity contribution in [1.29, 1.82) is 0 Å². The van der Waals surface area contributed by atoms with Gasteiger partial charge in [-0.25, -0.2) is 9.78 Å². The number of aryl methyl sites for hydroxylation is 2. The fourth-order valence-corrected chi connectivity index (χ4v) is 9.10. The van der Waals surface area contributed by atoms with E-state index >= 15 is 0 Å². The van der Waals surface area contributed by atoms with Crippen molar-refractivity contribution in [1.82, 2.24) is 19.7 Å². The van der Waals surface area contributed by atoms with Crippen molar-refractivity contribution >= 4 is 17.8 Å². The van der Waals surface area contributed by atoms with E-state index in [-0.39, 0.29) is 40.9 Å². The average molecular weight is 684 g/mol. The maximum absolute atomic E-state index is 14.6. The molecule has 8 rings (SSSR count). The molecule has 10 nitrogen and oxygen atoms in total. The number of carbonyl (C=O) groups is 2. The molecule has 268 valence electrons. The number of likely N-dealkylation sites (tertiary alicyclic amines) is 1. The molecule has 0 spiro atoms. The molecule has 0 atom stereocenters. The molecule has 1 aliphatic heterocycles. The lowest BCUT2D eigenvalue weighted by Crippen LogP contribution is -2.54. The number of aliphatic hydroxyl groups excluding tert-OH is 1. The fourth-order valence-electron chi connectivity index (χ4n) is 9.10. The minimum Gasteiger partial charge on any atom is -0.496 e. The molecule has 10 heteroatoms. The van der Waals surface area contributed by atoms with Crippen molar-refractivity contribution in [3.8, 4) is 16.9 Å². The monoisotopic (exact) mass is 683 g/mol. The van der Waals surface area contributed by atoms with Crippen LogP contribution in [0.15, 0.2) is 42.9 Å². The first-order valence-corrected chi connectivity index (χ1v) is 18.6. The minimum atomic E-state index is -0.458. The zero-order chi connectivity index (χ0) is 35.2. The fraction of sp³-hybridized carbons (Fsp3) is 0.600. The van der Waals surface area contributed by atoms with E-state index in [1.54, 1.807) is 7.11 Å². The van der Waals surface area contributed by atoms with Crippen molar-refractivity contribution < 1.29 is 24.2 Å². The molecular formula is C40H53N5O5. The van der Waals surface area contributed by atoms with Crippen LogP contribution in [0.3, 0.4) is 0 Å². The Kier molecular flexibility index (Phi) is 9.43. The third kappa shape index (κ3) is 6.63. The third-order valence-electron chi connectivity index (χ3n) is 12.3. The Morgan fingerprint density at radius 3 is 2.22 bits per heavy atom. The number of methoxy groups -OCH3 is 1. The second kappa shape index (κ2) is 13.7. The van der Waals surface area contributed by atoms with Gasteiger partial charge in [0.1, 0.15) is 17.7 Å². The maximum atomic E-state index is 14.6. The summed E-state index contributed by atoms with van der Waals surface area (Å²) in [5.41, 5.74) is 6.07. The van der Waals surface area contributed by atoms with Crippen molar-refractivity contribution in [2.45, 2.75) is 116 Å². The third-order valence-corrected chi connectivity index (χ3v) is 12.3. The zero-order valence-electron chi connectivity index (χ0n) is 30.4. The number of aromatic nitrogens is 3. The number of hydrogen-bond acceptors (Lipinski definition) is 7. The predicted molar refractivity (Wildman–Crippen MR) is 192 cm³/mol. The van der Waals surface area contributed by atoms with Crippen molar-refractivity contribution in [3.63, 3.8) is 0 Å². The van der Waals surface area contributed by atoms with Gasteiger partial charge >= 0.3 is 6.09 Å². The Bertz CT molecular complexity index is 1670. The van der Waals surface area contributed by atoms with E-state index in [0.717, 1.165) is 55.4 Å². The van der Waals surface area contributed by atoms with Gasteiger partial charge in [0.15, 0.2) is 0 Å². The molecule has 1 aromatic carbocycles. The molecule has 0 unspecified atom stereocenters. The molecule has 5 fully saturated rings. The van der Waals surface area contributed by atoms with E-state index in [0.29, 0.717) is 51.1 Å². The lowest BCUT2D eigenvalue weighted by Gasteiger charge is -2.55. The lowest BCUT2D eigenvalue weighted by atomic mass is 9.51. The smallest absolute Gasteiger partial charge is 0.410 e. The van der Waals surface area contributed by atoms with Crippen LogP contribution in [0.4, 0.5) is 10.6 Å². The predicted octanol–water partition coefficient (Wildman–Crippen LogP) is 7.15. The molecule has 0 radical (unpaired) electrons. The van der Waals surface area contributed by atoms with Crippen LogP contribution < -0.4 is 9.64 Å². The Morgan fingerprint density at radius 2 is 1.64 bits per heavy atom. The molecule has 1 N–H and O–H groups in total. The van der Waals surface area contributed by atoms with Crippen LogP contribution >= 0.6 is 0 Å². The number of nitrogens with zero attached hydrogens (tertiary/aromatic N) is 5. The van der Waals surface area contributed by atoms with Crippen LogP contribution in [0.5, 0.6) is 5.75 Å². The number of fused-ring (bicyclic) bond motifs is 3. The molecule has 3 heterocycles. The summed E-state index contributed by atoms with van der Waals surface area (Å²) < 4.78 is 13.4. The van der Waals surface area contributed by atoms with Gasteiger partial charge in [-0.1, -0.05) is 12.1 Å². The number of hydrogen-bond donors (Lipinski definition) is 1. The lowest BCUT2D eigenvalue weighted by molar-refractivity contribution is -0.124. The van der Waals surface area contributed by atoms with Gasteiger partial charge in [-0.05, 0) is 137 Å². The molecular weight excluding hydrogens is 630 g/mol. The van der Waals surface area contributed by atoms with Gasteiger partial charge in [-0.15, -0.1) is 0 Å². The summed E-state index contributed by atoms with van der Waals surface area (Å²) in [4.78, 5) is 35.5. The summed E-state index contributed by atoms with van der Waals surface area (Å²) in [5, 5.41) is 14.1. The largest absolute Gasteiger partial charge is 0.496 e. The Morgan fingerprint density at radius 1 is 0.980 bits per heavy atom. The zero-order valence-corrected chi connectivity index (χ0v) is 30.4. The SMILES string of the molecule is COc1c(C)cc(C23CCC(CN(C(=O)C4CCC(OC(=O)N5CC(O)C5)CC4)c4cc(-c5cnn(C(C)C)c5)ccn4)(CC2)CC3)cc1C. The number of carbonyl (C=O) groups excluding carboxylic acids is 2. The molecule has 50 heavy (non-hydrogen) atoms. The second-order valence-corrected chi connectivity index (χ2v) is 16.0. The Hall–Kier alpha value is -3.92. The highest BCUT2D eigenvalue weighted by Crippen LogP contribution is 2.58. The first-order chi connectivity index (χ1) is 24.0. The number of anilines is 1. The summed E-state index contributed by atoms with van der Waals surface area (Å²) in [6.45, 7) is 9.84. The van der Waals surface area contributed by atoms with Gasteiger partial charge in [0.25, 0.3) is 0 Å². The summed E-state index contributed by atoms with van der Waals surface area (Å²) in [5.74, 6) is 1.65. The molecule has 3 aromatic rings. The van der Waals surface area contributed by atoms with Crippen molar-refractivity contribution in [2.24, 2.45) is 11.3 Å². The Labute approximate surface area is 296 Å². The standard InChI is InChI=1S/C40H53N5O5/c1-26(2)45-22-31(21-42-45)30-10-17-41-35(20-30)44(37(47)29-6-8-34(9-7-29)50-38(48)43-23-33(46)24-43)25-39-11-14-40(15-12-39,16-13-39)32-18-27(3)36(49-5)28(4)19-32/h10,17-22,26,29,33-34,46H,6-9,11-16,23-25H2,1-5H3. The number of benzene rings is 1. The number of amides is 2. The van der Waals surface area contributed by atoms with E-state index < -0.39 is 6.10 Å². The molecule has 2 amide bonds. The van der Waals surface area contributed by atoms with Crippen LogP contribution in [0.2, 0.25) is 0 Å². The van der Waals surface area contributed by atoms with Gasteiger partial charge in [0, 0.05) is 36.5 Å².